The van der Waals surface area contributed by atoms with Crippen molar-refractivity contribution in [3.63, 3.8) is 0 Å². The number of amides is 1. The van der Waals surface area contributed by atoms with Crippen molar-refractivity contribution in [2.24, 2.45) is 11.7 Å². The molecule has 0 heterocycles. The summed E-state index contributed by atoms with van der Waals surface area (Å²) in [5.41, 5.74) is 6.18. The number of nitrogens with zero attached hydrogens (tertiary/aromatic N) is 1. The molecule has 3 nitrogen and oxygen atoms in total. The smallest absolute Gasteiger partial charge is 0.225 e. The molecule has 1 aliphatic rings. The van der Waals surface area contributed by atoms with Crippen LogP contribution < -0.4 is 5.73 Å². The molecule has 2 atom stereocenters. The molecule has 1 aromatic rings. The largest absolute Gasteiger partial charge is 0.341 e. The highest BCUT2D eigenvalue weighted by Gasteiger charge is 2.30. The molecule has 0 saturated heterocycles. The zero-order valence-corrected chi connectivity index (χ0v) is 11.7. The Labute approximate surface area is 117 Å². The van der Waals surface area contributed by atoms with Crippen molar-refractivity contribution >= 4 is 17.5 Å². The number of hydrogen-bond acceptors (Lipinski definition) is 2. The number of nitrogens with two attached hydrogens (primary N) is 1. The van der Waals surface area contributed by atoms with E-state index >= 15 is 0 Å². The van der Waals surface area contributed by atoms with Gasteiger partial charge in [0.05, 0.1) is 0 Å². The number of hydrogen-bond donors (Lipinski definition) is 1. The minimum atomic E-state index is -0.379. The fourth-order valence-electron chi connectivity index (χ4n) is 2.55. The minimum absolute atomic E-state index is 0.0206. The first-order valence-electron chi connectivity index (χ1n) is 6.42. The van der Waals surface area contributed by atoms with Crippen molar-refractivity contribution < 1.29 is 9.18 Å². The van der Waals surface area contributed by atoms with Gasteiger partial charge in [0.25, 0.3) is 0 Å². The van der Waals surface area contributed by atoms with Gasteiger partial charge in [-0.25, -0.2) is 4.39 Å². The normalized spacial score (nSPS) is 22.5. The van der Waals surface area contributed by atoms with Gasteiger partial charge < -0.3 is 10.6 Å². The van der Waals surface area contributed by atoms with Gasteiger partial charge in [0.1, 0.15) is 5.82 Å². The highest BCUT2D eigenvalue weighted by molar-refractivity contribution is 6.31. The van der Waals surface area contributed by atoms with E-state index in [1.54, 1.807) is 19.2 Å². The van der Waals surface area contributed by atoms with E-state index in [9.17, 15) is 9.18 Å². The Hall–Kier alpha value is -1.13. The van der Waals surface area contributed by atoms with E-state index < -0.39 is 0 Å². The lowest BCUT2D eigenvalue weighted by Crippen LogP contribution is -2.32. The van der Waals surface area contributed by atoms with Crippen LogP contribution in [-0.4, -0.2) is 23.9 Å². The first-order valence-corrected chi connectivity index (χ1v) is 6.80. The molecule has 1 saturated carbocycles. The Balaban J connectivity index is 2.04. The standard InChI is InChI=1S/C14H18ClFN2O/c1-18(14(19)9-5-6-10(17)7-9)8-11-12(15)3-2-4-13(11)16/h2-4,9-10H,5-8,17H2,1H3. The van der Waals surface area contributed by atoms with E-state index in [4.69, 9.17) is 17.3 Å². The van der Waals surface area contributed by atoms with Crippen molar-refractivity contribution in [1.29, 1.82) is 0 Å². The third-order valence-corrected chi connectivity index (χ3v) is 4.01. The van der Waals surface area contributed by atoms with E-state index in [1.807, 2.05) is 0 Å². The Morgan fingerprint density at radius 2 is 2.26 bits per heavy atom. The average molecular weight is 285 g/mol. The molecule has 1 amide bonds. The summed E-state index contributed by atoms with van der Waals surface area (Å²) in [6.07, 6.45) is 2.41. The van der Waals surface area contributed by atoms with E-state index in [0.29, 0.717) is 17.0 Å². The molecule has 1 aromatic carbocycles. The molecular formula is C14H18ClFN2O. The van der Waals surface area contributed by atoms with Crippen LogP contribution in [0.4, 0.5) is 4.39 Å². The van der Waals surface area contributed by atoms with Crippen molar-refractivity contribution in [3.05, 3.63) is 34.6 Å². The van der Waals surface area contributed by atoms with Crippen LogP contribution in [0, 0.1) is 11.7 Å². The first kappa shape index (κ1) is 14.3. The molecule has 2 unspecified atom stereocenters. The lowest BCUT2D eigenvalue weighted by Gasteiger charge is -2.22. The maximum absolute atomic E-state index is 13.7. The van der Waals surface area contributed by atoms with Gasteiger partial charge in [-0.1, -0.05) is 17.7 Å². The Morgan fingerprint density at radius 3 is 2.84 bits per heavy atom. The number of benzene rings is 1. The monoisotopic (exact) mass is 284 g/mol. The van der Waals surface area contributed by atoms with E-state index in [-0.39, 0.29) is 30.2 Å². The van der Waals surface area contributed by atoms with Gasteiger partial charge >= 0.3 is 0 Å². The summed E-state index contributed by atoms with van der Waals surface area (Å²) >= 11 is 5.96. The predicted octanol–water partition coefficient (Wildman–Crippen LogP) is 2.56. The first-order chi connectivity index (χ1) is 8.99. The quantitative estimate of drug-likeness (QED) is 0.927. The Morgan fingerprint density at radius 1 is 1.53 bits per heavy atom. The van der Waals surface area contributed by atoms with Crippen LogP contribution in [0.15, 0.2) is 18.2 Å². The van der Waals surface area contributed by atoms with Crippen LogP contribution in [0.3, 0.4) is 0 Å². The summed E-state index contributed by atoms with van der Waals surface area (Å²) in [4.78, 5) is 13.8. The summed E-state index contributed by atoms with van der Waals surface area (Å²) in [5, 5.41) is 0.350. The average Bonchev–Trinajstić information content (AvgIpc) is 2.79. The molecule has 0 aliphatic heterocycles. The molecule has 1 fully saturated rings. The van der Waals surface area contributed by atoms with Crippen LogP contribution in [0.25, 0.3) is 0 Å². The molecular weight excluding hydrogens is 267 g/mol. The fourth-order valence-corrected chi connectivity index (χ4v) is 2.77. The Kier molecular flexibility index (Phi) is 4.42. The van der Waals surface area contributed by atoms with Gasteiger partial charge in [-0.05, 0) is 31.4 Å². The predicted molar refractivity (Wildman–Crippen MR) is 73.2 cm³/mol. The zero-order chi connectivity index (χ0) is 14.0. The summed E-state index contributed by atoms with van der Waals surface area (Å²) in [5.74, 6) is -0.395. The van der Waals surface area contributed by atoms with Gasteiger partial charge in [-0.2, -0.15) is 0 Å². The second-order valence-corrected chi connectivity index (χ2v) is 5.57. The molecule has 19 heavy (non-hydrogen) atoms. The van der Waals surface area contributed by atoms with Crippen LogP contribution in [0.2, 0.25) is 5.02 Å². The molecule has 5 heteroatoms. The van der Waals surface area contributed by atoms with Crippen molar-refractivity contribution in [2.45, 2.75) is 31.8 Å². The second kappa shape index (κ2) is 5.88. The summed E-state index contributed by atoms with van der Waals surface area (Å²) < 4.78 is 13.7. The highest BCUT2D eigenvalue weighted by atomic mass is 35.5. The van der Waals surface area contributed by atoms with Crippen molar-refractivity contribution in [3.8, 4) is 0 Å². The number of halogens is 2. The third-order valence-electron chi connectivity index (χ3n) is 3.66. The molecule has 1 aliphatic carbocycles. The SMILES string of the molecule is CN(Cc1c(F)cccc1Cl)C(=O)C1CCC(N)C1. The van der Waals surface area contributed by atoms with Crippen LogP contribution in [0.5, 0.6) is 0 Å². The molecule has 0 bridgehead atoms. The van der Waals surface area contributed by atoms with Crippen LogP contribution >= 0.6 is 11.6 Å². The van der Waals surface area contributed by atoms with Crippen molar-refractivity contribution in [1.82, 2.24) is 4.90 Å². The number of rotatable bonds is 3. The lowest BCUT2D eigenvalue weighted by molar-refractivity contribution is -0.134. The molecule has 0 spiro atoms. The number of carbonyl (C=O) groups is 1. The second-order valence-electron chi connectivity index (χ2n) is 5.16. The molecule has 104 valence electrons. The van der Waals surface area contributed by atoms with Gasteiger partial charge in [0, 0.05) is 36.1 Å². The summed E-state index contributed by atoms with van der Waals surface area (Å²) in [7, 11) is 1.68. The topological polar surface area (TPSA) is 46.3 Å². The number of carbonyl (C=O) groups excluding carboxylic acids is 1. The van der Waals surface area contributed by atoms with E-state index in [1.165, 1.54) is 11.0 Å². The molecule has 0 radical (unpaired) electrons. The van der Waals surface area contributed by atoms with Gasteiger partial charge in [-0.15, -0.1) is 0 Å². The van der Waals surface area contributed by atoms with Crippen molar-refractivity contribution in [2.75, 3.05) is 7.05 Å². The highest BCUT2D eigenvalue weighted by Crippen LogP contribution is 2.27. The summed E-state index contributed by atoms with van der Waals surface area (Å²) in [6, 6.07) is 4.65. The van der Waals surface area contributed by atoms with Crippen LogP contribution in [-0.2, 0) is 11.3 Å². The van der Waals surface area contributed by atoms with E-state index in [2.05, 4.69) is 0 Å². The molecule has 0 aromatic heterocycles. The van der Waals surface area contributed by atoms with Gasteiger partial charge in [0.2, 0.25) is 5.91 Å². The van der Waals surface area contributed by atoms with Gasteiger partial charge in [-0.3, -0.25) is 4.79 Å². The Bertz CT molecular complexity index is 460. The lowest BCUT2D eigenvalue weighted by atomic mass is 10.1. The molecule has 2 N–H and O–H groups in total. The zero-order valence-electron chi connectivity index (χ0n) is 10.9. The maximum atomic E-state index is 13.7. The summed E-state index contributed by atoms with van der Waals surface area (Å²) in [6.45, 7) is 0.191. The molecule has 2 rings (SSSR count). The van der Waals surface area contributed by atoms with E-state index in [0.717, 1.165) is 12.8 Å². The van der Waals surface area contributed by atoms with Crippen LogP contribution in [0.1, 0.15) is 24.8 Å². The third kappa shape index (κ3) is 3.25. The minimum Gasteiger partial charge on any atom is -0.341 e. The fraction of sp³-hybridized carbons (Fsp3) is 0.500. The van der Waals surface area contributed by atoms with Gasteiger partial charge in [0.15, 0.2) is 0 Å². The maximum Gasteiger partial charge on any atom is 0.225 e.